The first kappa shape index (κ1) is 12.4. The van der Waals surface area contributed by atoms with E-state index >= 15 is 0 Å². The molecule has 0 saturated heterocycles. The fraction of sp³-hybridized carbons (Fsp3) is 0.231. The van der Waals surface area contributed by atoms with Crippen molar-refractivity contribution < 1.29 is 8.78 Å². The van der Waals surface area contributed by atoms with Crippen molar-refractivity contribution in [2.24, 2.45) is 0 Å². The Kier molecular flexibility index (Phi) is 3.50. The quantitative estimate of drug-likeness (QED) is 0.907. The Labute approximate surface area is 104 Å². The average molecular weight is 249 g/mol. The molecule has 1 heterocycles. The van der Waals surface area contributed by atoms with Crippen LogP contribution >= 0.6 is 0 Å². The molecule has 0 spiro atoms. The minimum Gasteiger partial charge on any atom is -0.372 e. The Morgan fingerprint density at radius 2 is 2.00 bits per heavy atom. The molecule has 0 aliphatic carbocycles. The van der Waals surface area contributed by atoms with E-state index in [1.807, 2.05) is 0 Å². The van der Waals surface area contributed by atoms with E-state index in [2.05, 4.69) is 15.3 Å². The SMILES string of the molecule is Cc1ccc(F)c(NC(C)c2cnccn2)c1F. The fourth-order valence-corrected chi connectivity index (χ4v) is 1.61. The van der Waals surface area contributed by atoms with E-state index in [0.717, 1.165) is 0 Å². The van der Waals surface area contributed by atoms with Gasteiger partial charge in [-0.3, -0.25) is 9.97 Å². The van der Waals surface area contributed by atoms with Crippen molar-refractivity contribution >= 4 is 5.69 Å². The second kappa shape index (κ2) is 5.08. The number of halogens is 2. The number of anilines is 1. The molecule has 1 unspecified atom stereocenters. The third-order valence-electron chi connectivity index (χ3n) is 2.67. The van der Waals surface area contributed by atoms with Crippen molar-refractivity contribution in [2.75, 3.05) is 5.32 Å². The minimum absolute atomic E-state index is 0.131. The molecule has 1 aromatic carbocycles. The van der Waals surface area contributed by atoms with Crippen molar-refractivity contribution in [3.05, 3.63) is 53.6 Å². The molecule has 18 heavy (non-hydrogen) atoms. The molecule has 0 amide bonds. The topological polar surface area (TPSA) is 37.8 Å². The van der Waals surface area contributed by atoms with Crippen LogP contribution in [0.25, 0.3) is 0 Å². The van der Waals surface area contributed by atoms with Gasteiger partial charge in [-0.2, -0.15) is 0 Å². The third-order valence-corrected chi connectivity index (χ3v) is 2.67. The van der Waals surface area contributed by atoms with Gasteiger partial charge in [0.2, 0.25) is 0 Å². The second-order valence-electron chi connectivity index (χ2n) is 4.05. The van der Waals surface area contributed by atoms with Crippen molar-refractivity contribution in [2.45, 2.75) is 19.9 Å². The van der Waals surface area contributed by atoms with Gasteiger partial charge in [0, 0.05) is 12.4 Å². The lowest BCUT2D eigenvalue weighted by Gasteiger charge is -2.16. The van der Waals surface area contributed by atoms with Gasteiger partial charge in [-0.15, -0.1) is 0 Å². The molecule has 3 nitrogen and oxygen atoms in total. The molecule has 2 aromatic rings. The molecule has 5 heteroatoms. The van der Waals surface area contributed by atoms with Crippen LogP contribution in [0.3, 0.4) is 0 Å². The van der Waals surface area contributed by atoms with Crippen LogP contribution in [-0.4, -0.2) is 9.97 Å². The summed E-state index contributed by atoms with van der Waals surface area (Å²) in [5.74, 6) is -1.19. The van der Waals surface area contributed by atoms with Crippen LogP contribution in [-0.2, 0) is 0 Å². The molecule has 1 N–H and O–H groups in total. The summed E-state index contributed by atoms with van der Waals surface area (Å²) in [6.07, 6.45) is 4.64. The first-order chi connectivity index (χ1) is 8.59. The number of rotatable bonds is 3. The fourth-order valence-electron chi connectivity index (χ4n) is 1.61. The van der Waals surface area contributed by atoms with E-state index in [0.29, 0.717) is 11.3 Å². The molecule has 1 aromatic heterocycles. The Morgan fingerprint density at radius 1 is 1.22 bits per heavy atom. The van der Waals surface area contributed by atoms with E-state index < -0.39 is 11.6 Å². The maximum Gasteiger partial charge on any atom is 0.152 e. The summed E-state index contributed by atoms with van der Waals surface area (Å²) in [5.41, 5.74) is 0.885. The lowest BCUT2D eigenvalue weighted by molar-refractivity contribution is 0.578. The van der Waals surface area contributed by atoms with Gasteiger partial charge in [-0.25, -0.2) is 8.78 Å². The smallest absolute Gasteiger partial charge is 0.152 e. The Bertz CT molecular complexity index is 543. The Hall–Kier alpha value is -2.04. The van der Waals surface area contributed by atoms with Gasteiger partial charge in [0.1, 0.15) is 11.5 Å². The van der Waals surface area contributed by atoms with Crippen LogP contribution in [0.2, 0.25) is 0 Å². The van der Waals surface area contributed by atoms with Crippen LogP contribution in [0.5, 0.6) is 0 Å². The maximum atomic E-state index is 13.8. The molecule has 1 atom stereocenters. The zero-order valence-corrected chi connectivity index (χ0v) is 10.1. The summed E-state index contributed by atoms with van der Waals surface area (Å²) in [4.78, 5) is 8.01. The first-order valence-corrected chi connectivity index (χ1v) is 5.56. The van der Waals surface area contributed by atoms with Crippen molar-refractivity contribution in [1.82, 2.24) is 9.97 Å². The Balaban J connectivity index is 2.27. The maximum absolute atomic E-state index is 13.8. The lowest BCUT2D eigenvalue weighted by Crippen LogP contribution is -2.11. The summed E-state index contributed by atoms with van der Waals surface area (Å²) in [6, 6.07) is 2.32. The number of hydrogen-bond donors (Lipinski definition) is 1. The molecule has 0 aliphatic rings. The first-order valence-electron chi connectivity index (χ1n) is 5.56. The van der Waals surface area contributed by atoms with E-state index in [4.69, 9.17) is 0 Å². The molecular formula is C13H13F2N3. The highest BCUT2D eigenvalue weighted by Crippen LogP contribution is 2.25. The van der Waals surface area contributed by atoms with Gasteiger partial charge in [0.15, 0.2) is 5.82 Å². The average Bonchev–Trinajstić information content (AvgIpc) is 2.40. The monoisotopic (exact) mass is 249 g/mol. The van der Waals surface area contributed by atoms with Crippen molar-refractivity contribution in [3.63, 3.8) is 0 Å². The molecule has 0 radical (unpaired) electrons. The normalized spacial score (nSPS) is 12.2. The molecule has 0 fully saturated rings. The summed E-state index contributed by atoms with van der Waals surface area (Å²) >= 11 is 0. The molecule has 0 saturated carbocycles. The number of hydrogen-bond acceptors (Lipinski definition) is 3. The lowest BCUT2D eigenvalue weighted by atomic mass is 10.1. The summed E-state index contributed by atoms with van der Waals surface area (Å²) < 4.78 is 27.4. The van der Waals surface area contributed by atoms with Crippen LogP contribution in [0.15, 0.2) is 30.7 Å². The van der Waals surface area contributed by atoms with Gasteiger partial charge in [0.25, 0.3) is 0 Å². The number of nitrogens with one attached hydrogen (secondary N) is 1. The van der Waals surface area contributed by atoms with E-state index in [-0.39, 0.29) is 11.7 Å². The van der Waals surface area contributed by atoms with Gasteiger partial charge in [0.05, 0.1) is 17.9 Å². The third kappa shape index (κ3) is 2.45. The predicted molar refractivity (Wildman–Crippen MR) is 65.2 cm³/mol. The highest BCUT2D eigenvalue weighted by Gasteiger charge is 2.15. The van der Waals surface area contributed by atoms with Crippen molar-refractivity contribution in [3.8, 4) is 0 Å². The van der Waals surface area contributed by atoms with Gasteiger partial charge in [-0.05, 0) is 25.5 Å². The summed E-state index contributed by atoms with van der Waals surface area (Å²) in [5, 5.41) is 2.78. The molecule has 0 aliphatic heterocycles. The number of aryl methyl sites for hydroxylation is 1. The van der Waals surface area contributed by atoms with Crippen LogP contribution in [0, 0.1) is 18.6 Å². The highest BCUT2D eigenvalue weighted by molar-refractivity contribution is 5.50. The second-order valence-corrected chi connectivity index (χ2v) is 4.05. The summed E-state index contributed by atoms with van der Waals surface area (Å²) in [7, 11) is 0. The predicted octanol–water partition coefficient (Wildman–Crippen LogP) is 3.24. The van der Waals surface area contributed by atoms with Crippen LogP contribution in [0.4, 0.5) is 14.5 Å². The van der Waals surface area contributed by atoms with Crippen LogP contribution in [0.1, 0.15) is 24.2 Å². The molecule has 0 bridgehead atoms. The van der Waals surface area contributed by atoms with Gasteiger partial charge in [-0.1, -0.05) is 6.07 Å². The highest BCUT2D eigenvalue weighted by atomic mass is 19.1. The summed E-state index contributed by atoms with van der Waals surface area (Å²) in [6.45, 7) is 3.36. The largest absolute Gasteiger partial charge is 0.372 e. The molecule has 2 rings (SSSR count). The molecular weight excluding hydrogens is 236 g/mol. The zero-order chi connectivity index (χ0) is 13.1. The van der Waals surface area contributed by atoms with Crippen molar-refractivity contribution in [1.29, 1.82) is 0 Å². The standard InChI is InChI=1S/C13H13F2N3/c1-8-3-4-10(14)13(12(8)15)18-9(2)11-7-16-5-6-17-11/h3-7,9,18H,1-2H3. The number of aromatic nitrogens is 2. The Morgan fingerprint density at radius 3 is 2.67 bits per heavy atom. The number of benzene rings is 1. The minimum atomic E-state index is -0.617. The number of nitrogens with zero attached hydrogens (tertiary/aromatic N) is 2. The zero-order valence-electron chi connectivity index (χ0n) is 10.1. The molecule has 94 valence electrons. The van der Waals surface area contributed by atoms with Gasteiger partial charge >= 0.3 is 0 Å². The van der Waals surface area contributed by atoms with Gasteiger partial charge < -0.3 is 5.32 Å². The van der Waals surface area contributed by atoms with E-state index in [9.17, 15) is 8.78 Å². The van der Waals surface area contributed by atoms with E-state index in [1.54, 1.807) is 26.2 Å². The van der Waals surface area contributed by atoms with Crippen LogP contribution < -0.4 is 5.32 Å². The van der Waals surface area contributed by atoms with E-state index in [1.165, 1.54) is 18.3 Å².